The molecule has 9 heteroatoms. The van der Waals surface area contributed by atoms with Gasteiger partial charge in [-0.05, 0) is 68.7 Å². The van der Waals surface area contributed by atoms with E-state index in [0.29, 0.717) is 18.2 Å². The predicted molar refractivity (Wildman–Crippen MR) is 140 cm³/mol. The summed E-state index contributed by atoms with van der Waals surface area (Å²) in [7, 11) is 0. The van der Waals surface area contributed by atoms with Crippen LogP contribution in [0.1, 0.15) is 59.2 Å². The van der Waals surface area contributed by atoms with Gasteiger partial charge in [0.05, 0.1) is 16.5 Å². The van der Waals surface area contributed by atoms with Gasteiger partial charge >= 0.3 is 0 Å². The highest BCUT2D eigenvalue weighted by atomic mass is 16.6. The van der Waals surface area contributed by atoms with Crippen LogP contribution in [0.3, 0.4) is 0 Å². The Bertz CT molecular complexity index is 1330. The normalized spacial score (nSPS) is 28.8. The molecule has 2 aromatic carbocycles. The first-order chi connectivity index (χ1) is 18.2. The van der Waals surface area contributed by atoms with Crippen molar-refractivity contribution in [2.45, 2.75) is 65.0 Å². The van der Waals surface area contributed by atoms with E-state index in [4.69, 9.17) is 0 Å². The average Bonchev–Trinajstić information content (AvgIpc) is 3.36. The molecule has 0 spiro atoms. The Kier molecular flexibility index (Phi) is 5.86. The third-order valence-corrected chi connectivity index (χ3v) is 9.10. The van der Waals surface area contributed by atoms with E-state index in [2.05, 4.69) is 0 Å². The van der Waals surface area contributed by atoms with Crippen molar-refractivity contribution in [1.82, 2.24) is 10.0 Å². The molecule has 3 amide bonds. The van der Waals surface area contributed by atoms with Crippen molar-refractivity contribution in [2.75, 3.05) is 11.4 Å². The third kappa shape index (κ3) is 3.59. The number of nitro benzene ring substituents is 1. The summed E-state index contributed by atoms with van der Waals surface area (Å²) < 4.78 is 0. The zero-order chi connectivity index (χ0) is 26.9. The minimum atomic E-state index is -0.920. The Morgan fingerprint density at radius 1 is 0.947 bits per heavy atom. The molecule has 0 radical (unpaired) electrons. The van der Waals surface area contributed by atoms with E-state index in [0.717, 1.165) is 42.4 Å². The van der Waals surface area contributed by atoms with Crippen molar-refractivity contribution >= 4 is 29.1 Å². The van der Waals surface area contributed by atoms with Crippen LogP contribution in [0.25, 0.3) is 0 Å². The van der Waals surface area contributed by atoms with E-state index < -0.39 is 22.8 Å². The van der Waals surface area contributed by atoms with Crippen LogP contribution in [-0.2, 0) is 9.59 Å². The number of benzene rings is 2. The molecule has 38 heavy (non-hydrogen) atoms. The van der Waals surface area contributed by atoms with Gasteiger partial charge in [0.15, 0.2) is 0 Å². The van der Waals surface area contributed by atoms with Crippen LogP contribution in [0.5, 0.6) is 0 Å². The molecule has 0 N–H and O–H groups in total. The molecule has 9 nitrogen and oxygen atoms in total. The number of fused-ring (bicyclic) bond motifs is 5. The van der Waals surface area contributed by atoms with E-state index >= 15 is 0 Å². The molecule has 3 heterocycles. The Morgan fingerprint density at radius 2 is 1.61 bits per heavy atom. The first-order valence-electron chi connectivity index (χ1n) is 13.5. The van der Waals surface area contributed by atoms with Crippen molar-refractivity contribution in [1.29, 1.82) is 0 Å². The van der Waals surface area contributed by atoms with Crippen LogP contribution in [0.2, 0.25) is 0 Å². The SMILES string of the molecule is Cc1cc(C)c(N2C(=O)[C@H]3[C@H]4C5CCCCC5CCN4N(C(=O)c4ccc([N+](=O)[O-])cc4)[C@H]3C2=O)c(C)c1. The molecular weight excluding hydrogens is 484 g/mol. The Morgan fingerprint density at radius 3 is 2.26 bits per heavy atom. The van der Waals surface area contributed by atoms with E-state index in [1.54, 1.807) is 0 Å². The van der Waals surface area contributed by atoms with E-state index in [1.807, 2.05) is 37.9 Å². The van der Waals surface area contributed by atoms with Gasteiger partial charge in [-0.2, -0.15) is 0 Å². The van der Waals surface area contributed by atoms with Crippen LogP contribution >= 0.6 is 0 Å². The number of hydrogen-bond acceptors (Lipinski definition) is 6. The number of amides is 3. The zero-order valence-corrected chi connectivity index (χ0v) is 21.9. The predicted octanol–water partition coefficient (Wildman–Crippen LogP) is 4.33. The third-order valence-electron chi connectivity index (χ3n) is 9.10. The lowest BCUT2D eigenvalue weighted by molar-refractivity contribution is -0.384. The maximum Gasteiger partial charge on any atom is 0.269 e. The molecule has 4 aliphatic rings. The second-order valence-electron chi connectivity index (χ2n) is 11.3. The summed E-state index contributed by atoms with van der Waals surface area (Å²) in [5.41, 5.74) is 3.54. The highest BCUT2D eigenvalue weighted by Gasteiger charge is 2.66. The number of anilines is 1. The second kappa shape index (κ2) is 9.01. The van der Waals surface area contributed by atoms with Crippen molar-refractivity contribution in [3.63, 3.8) is 0 Å². The number of aryl methyl sites for hydroxylation is 3. The van der Waals surface area contributed by atoms with Gasteiger partial charge in [-0.3, -0.25) is 29.5 Å². The highest BCUT2D eigenvalue weighted by Crippen LogP contribution is 2.51. The number of nitro groups is 1. The largest absolute Gasteiger partial charge is 0.274 e. The number of imide groups is 1. The average molecular weight is 517 g/mol. The number of rotatable bonds is 3. The minimum absolute atomic E-state index is 0.106. The summed E-state index contributed by atoms with van der Waals surface area (Å²) in [6.07, 6.45) is 5.28. The molecule has 2 unspecified atom stereocenters. The molecule has 0 bridgehead atoms. The van der Waals surface area contributed by atoms with Crippen LogP contribution < -0.4 is 4.90 Å². The second-order valence-corrected chi connectivity index (χ2v) is 11.3. The lowest BCUT2D eigenvalue weighted by Crippen LogP contribution is -2.57. The molecule has 2 aromatic rings. The molecule has 5 atom stereocenters. The molecule has 4 fully saturated rings. The van der Waals surface area contributed by atoms with E-state index in [1.165, 1.54) is 40.6 Å². The van der Waals surface area contributed by atoms with Gasteiger partial charge in [0.1, 0.15) is 6.04 Å². The first kappa shape index (κ1) is 24.7. The maximum absolute atomic E-state index is 14.2. The van der Waals surface area contributed by atoms with Crippen LogP contribution in [0.15, 0.2) is 36.4 Å². The van der Waals surface area contributed by atoms with E-state index in [9.17, 15) is 24.5 Å². The smallest absolute Gasteiger partial charge is 0.269 e. The summed E-state index contributed by atoms with van der Waals surface area (Å²) in [6.45, 7) is 6.42. The number of piperidine rings is 1. The molecule has 3 aliphatic heterocycles. The Balaban J connectivity index is 1.45. The number of carbonyl (C=O) groups is 3. The molecule has 1 aliphatic carbocycles. The molecule has 0 aromatic heterocycles. The molecule has 198 valence electrons. The lowest BCUT2D eigenvalue weighted by Gasteiger charge is -2.47. The number of carbonyl (C=O) groups excluding carboxylic acids is 3. The number of hydrogen-bond donors (Lipinski definition) is 0. The van der Waals surface area contributed by atoms with Crippen molar-refractivity contribution in [2.24, 2.45) is 17.8 Å². The van der Waals surface area contributed by atoms with Gasteiger partial charge in [0.2, 0.25) is 5.91 Å². The number of non-ortho nitro benzene ring substituents is 1. The standard InChI is InChI=1S/C29H32N4O5/c1-16-14-17(2)24(18(3)15-16)31-28(35)23-25-22-7-5-4-6-19(22)12-13-30(25)32(26(23)29(31)36)27(34)20-8-10-21(11-9-20)33(37)38/h8-11,14-15,19,22-23,25-26H,4-7,12-13H2,1-3H3/t19?,22?,23-,25+,26+/m0/s1. The number of hydrazine groups is 1. The summed E-state index contributed by atoms with van der Waals surface area (Å²) in [5.74, 6) is -0.888. The van der Waals surface area contributed by atoms with Gasteiger partial charge in [-0.1, -0.05) is 37.0 Å². The summed E-state index contributed by atoms with van der Waals surface area (Å²) in [4.78, 5) is 54.3. The maximum atomic E-state index is 14.2. The van der Waals surface area contributed by atoms with Crippen LogP contribution in [-0.4, -0.2) is 51.3 Å². The first-order valence-corrected chi connectivity index (χ1v) is 13.5. The highest BCUT2D eigenvalue weighted by molar-refractivity contribution is 6.25. The molecule has 6 rings (SSSR count). The van der Waals surface area contributed by atoms with Crippen molar-refractivity contribution in [3.8, 4) is 0 Å². The van der Waals surface area contributed by atoms with Crippen LogP contribution in [0, 0.1) is 48.6 Å². The summed E-state index contributed by atoms with van der Waals surface area (Å²) in [5, 5.41) is 14.7. The quantitative estimate of drug-likeness (QED) is 0.342. The number of nitrogens with zero attached hydrogens (tertiary/aromatic N) is 4. The molecule has 3 saturated heterocycles. The van der Waals surface area contributed by atoms with Gasteiger partial charge in [-0.25, -0.2) is 9.91 Å². The summed E-state index contributed by atoms with van der Waals surface area (Å²) >= 11 is 0. The van der Waals surface area contributed by atoms with Crippen LogP contribution in [0.4, 0.5) is 11.4 Å². The minimum Gasteiger partial charge on any atom is -0.274 e. The fourth-order valence-electron chi connectivity index (χ4n) is 7.69. The fourth-order valence-corrected chi connectivity index (χ4v) is 7.69. The molecule has 1 saturated carbocycles. The molecular formula is C29H32N4O5. The Labute approximate surface area is 221 Å². The monoisotopic (exact) mass is 516 g/mol. The van der Waals surface area contributed by atoms with Gasteiger partial charge in [0.25, 0.3) is 17.5 Å². The van der Waals surface area contributed by atoms with Crippen molar-refractivity contribution < 1.29 is 19.3 Å². The lowest BCUT2D eigenvalue weighted by atomic mass is 9.68. The fraction of sp³-hybridized carbons (Fsp3) is 0.483. The Hall–Kier alpha value is -3.59. The topological polar surface area (TPSA) is 104 Å². The van der Waals surface area contributed by atoms with E-state index in [-0.39, 0.29) is 35.0 Å². The van der Waals surface area contributed by atoms with Gasteiger partial charge in [-0.15, -0.1) is 0 Å². The van der Waals surface area contributed by atoms with Gasteiger partial charge < -0.3 is 0 Å². The summed E-state index contributed by atoms with van der Waals surface area (Å²) in [6, 6.07) is 8.29. The van der Waals surface area contributed by atoms with Gasteiger partial charge in [0, 0.05) is 30.3 Å². The zero-order valence-electron chi connectivity index (χ0n) is 21.9. The van der Waals surface area contributed by atoms with Crippen molar-refractivity contribution in [3.05, 3.63) is 68.8 Å².